The molecule has 38 heavy (non-hydrogen) atoms. The zero-order valence-corrected chi connectivity index (χ0v) is 22.2. The molecule has 1 amide bonds. The van der Waals surface area contributed by atoms with Gasteiger partial charge in [0.25, 0.3) is 11.7 Å². The zero-order valence-electron chi connectivity index (χ0n) is 22.2. The van der Waals surface area contributed by atoms with Gasteiger partial charge in [-0.05, 0) is 59.4 Å². The van der Waals surface area contributed by atoms with E-state index in [1.165, 1.54) is 4.90 Å². The van der Waals surface area contributed by atoms with E-state index in [9.17, 15) is 14.7 Å². The molecule has 7 heteroatoms. The molecule has 2 aliphatic heterocycles. The number of Topliss-reactive ketones (excluding diaryl/α,β-unsaturated/α-hetero) is 1. The van der Waals surface area contributed by atoms with E-state index in [1.807, 2.05) is 31.2 Å². The van der Waals surface area contributed by atoms with Crippen LogP contribution in [0.3, 0.4) is 0 Å². The number of carbonyl (C=O) groups is 2. The summed E-state index contributed by atoms with van der Waals surface area (Å²) in [5.41, 5.74) is 3.43. The van der Waals surface area contributed by atoms with Crippen LogP contribution in [-0.4, -0.2) is 37.1 Å². The fourth-order valence-electron chi connectivity index (χ4n) is 4.94. The molecule has 1 N–H and O–H groups in total. The molecule has 1 saturated heterocycles. The molecule has 3 aromatic carbocycles. The van der Waals surface area contributed by atoms with Gasteiger partial charge >= 0.3 is 0 Å². The van der Waals surface area contributed by atoms with E-state index in [0.29, 0.717) is 52.8 Å². The first kappa shape index (κ1) is 25.4. The Bertz CT molecular complexity index is 1450. The number of amides is 1. The van der Waals surface area contributed by atoms with Crippen molar-refractivity contribution in [2.24, 2.45) is 0 Å². The van der Waals surface area contributed by atoms with Crippen LogP contribution in [-0.2, 0) is 15.0 Å². The number of ketones is 1. The molecule has 196 valence electrons. The number of fused-ring (bicyclic) bond motifs is 1. The largest absolute Gasteiger partial charge is 0.507 e. The third-order valence-corrected chi connectivity index (χ3v) is 7.03. The lowest BCUT2D eigenvalue weighted by molar-refractivity contribution is -0.132. The van der Waals surface area contributed by atoms with E-state index < -0.39 is 17.7 Å². The average Bonchev–Trinajstić information content (AvgIpc) is 3.17. The Labute approximate surface area is 222 Å². The number of ether oxygens (including phenoxy) is 3. The predicted molar refractivity (Wildman–Crippen MR) is 145 cm³/mol. The number of hydrogen-bond acceptors (Lipinski definition) is 6. The molecule has 7 nitrogen and oxygen atoms in total. The zero-order chi connectivity index (χ0) is 27.2. The van der Waals surface area contributed by atoms with Crippen LogP contribution in [0.4, 0.5) is 5.69 Å². The van der Waals surface area contributed by atoms with Crippen LogP contribution < -0.4 is 19.1 Å². The minimum Gasteiger partial charge on any atom is -0.507 e. The second-order valence-corrected chi connectivity index (χ2v) is 10.5. The van der Waals surface area contributed by atoms with Crippen molar-refractivity contribution in [3.63, 3.8) is 0 Å². The average molecular weight is 514 g/mol. The topological polar surface area (TPSA) is 85.3 Å². The molecule has 0 bridgehead atoms. The van der Waals surface area contributed by atoms with Crippen LogP contribution in [0.5, 0.6) is 17.2 Å². The van der Waals surface area contributed by atoms with Crippen molar-refractivity contribution >= 4 is 23.1 Å². The van der Waals surface area contributed by atoms with Crippen molar-refractivity contribution < 1.29 is 28.9 Å². The van der Waals surface area contributed by atoms with Crippen LogP contribution in [0.2, 0.25) is 0 Å². The highest BCUT2D eigenvalue weighted by atomic mass is 16.6. The minimum absolute atomic E-state index is 0.0293. The summed E-state index contributed by atoms with van der Waals surface area (Å²) in [6, 6.07) is 17.3. The Morgan fingerprint density at radius 3 is 2.26 bits per heavy atom. The normalized spacial score (nSPS) is 18.6. The fraction of sp³-hybridized carbons (Fsp3) is 0.290. The van der Waals surface area contributed by atoms with E-state index in [1.54, 1.807) is 43.5 Å². The van der Waals surface area contributed by atoms with E-state index in [-0.39, 0.29) is 16.7 Å². The Balaban J connectivity index is 1.69. The lowest BCUT2D eigenvalue weighted by Gasteiger charge is -2.28. The molecule has 3 aromatic rings. The molecule has 0 aliphatic carbocycles. The summed E-state index contributed by atoms with van der Waals surface area (Å²) in [6.07, 6.45) is 0. The molecule has 0 spiro atoms. The quantitative estimate of drug-likeness (QED) is 0.274. The maximum atomic E-state index is 13.6. The van der Waals surface area contributed by atoms with E-state index >= 15 is 0 Å². The summed E-state index contributed by atoms with van der Waals surface area (Å²) in [4.78, 5) is 28.5. The highest BCUT2D eigenvalue weighted by molar-refractivity contribution is 6.51. The Kier molecular flexibility index (Phi) is 6.39. The summed E-state index contributed by atoms with van der Waals surface area (Å²) in [6.45, 7) is 9.02. The fourth-order valence-corrected chi connectivity index (χ4v) is 4.94. The predicted octanol–water partition coefficient (Wildman–Crippen LogP) is 5.70. The third-order valence-electron chi connectivity index (χ3n) is 7.03. The van der Waals surface area contributed by atoms with Gasteiger partial charge in [-0.1, -0.05) is 45.0 Å². The molecule has 0 saturated carbocycles. The molecule has 1 fully saturated rings. The first-order valence-electron chi connectivity index (χ1n) is 12.6. The van der Waals surface area contributed by atoms with Crippen molar-refractivity contribution in [1.82, 2.24) is 0 Å². The number of nitrogens with zero attached hydrogens (tertiary/aromatic N) is 1. The number of anilines is 1. The van der Waals surface area contributed by atoms with Gasteiger partial charge < -0.3 is 19.3 Å². The molecule has 5 rings (SSSR count). The minimum atomic E-state index is -0.840. The molecule has 1 unspecified atom stereocenters. The van der Waals surface area contributed by atoms with Crippen LogP contribution in [0.1, 0.15) is 49.1 Å². The van der Waals surface area contributed by atoms with Gasteiger partial charge in [0.05, 0.1) is 18.7 Å². The molecule has 2 heterocycles. The monoisotopic (exact) mass is 513 g/mol. The van der Waals surface area contributed by atoms with Gasteiger partial charge in [-0.3, -0.25) is 14.5 Å². The number of aliphatic hydroxyl groups is 1. The maximum absolute atomic E-state index is 13.6. The number of carbonyl (C=O) groups excluding carboxylic acids is 2. The van der Waals surface area contributed by atoms with Crippen LogP contribution in [0, 0.1) is 6.92 Å². The highest BCUT2D eigenvalue weighted by Crippen LogP contribution is 2.45. The molecule has 0 radical (unpaired) electrons. The van der Waals surface area contributed by atoms with Crippen molar-refractivity contribution in [2.75, 3.05) is 25.2 Å². The van der Waals surface area contributed by atoms with Gasteiger partial charge in [-0.15, -0.1) is 0 Å². The van der Waals surface area contributed by atoms with Crippen LogP contribution >= 0.6 is 0 Å². The lowest BCUT2D eigenvalue weighted by Crippen LogP contribution is -2.29. The lowest BCUT2D eigenvalue weighted by atomic mass is 9.85. The van der Waals surface area contributed by atoms with Gasteiger partial charge in [0, 0.05) is 17.3 Å². The third kappa shape index (κ3) is 4.38. The van der Waals surface area contributed by atoms with Crippen LogP contribution in [0.25, 0.3) is 5.76 Å². The first-order chi connectivity index (χ1) is 18.1. The second kappa shape index (κ2) is 9.56. The molecule has 2 aliphatic rings. The Morgan fingerprint density at radius 1 is 0.947 bits per heavy atom. The van der Waals surface area contributed by atoms with Crippen LogP contribution in [0.15, 0.2) is 66.2 Å². The van der Waals surface area contributed by atoms with E-state index in [4.69, 9.17) is 14.2 Å². The van der Waals surface area contributed by atoms with E-state index in [0.717, 1.165) is 5.56 Å². The summed E-state index contributed by atoms with van der Waals surface area (Å²) in [7, 11) is 1.56. The van der Waals surface area contributed by atoms with Gasteiger partial charge in [0.2, 0.25) is 0 Å². The van der Waals surface area contributed by atoms with Gasteiger partial charge in [-0.2, -0.15) is 0 Å². The van der Waals surface area contributed by atoms with Crippen molar-refractivity contribution in [3.8, 4) is 17.2 Å². The number of aliphatic hydroxyl groups excluding tert-OH is 1. The van der Waals surface area contributed by atoms with Crippen molar-refractivity contribution in [3.05, 3.63) is 88.5 Å². The molecular formula is C31H31NO6. The first-order valence-corrected chi connectivity index (χ1v) is 12.6. The number of benzene rings is 3. The van der Waals surface area contributed by atoms with Crippen molar-refractivity contribution in [1.29, 1.82) is 0 Å². The van der Waals surface area contributed by atoms with Gasteiger partial charge in [0.1, 0.15) is 24.7 Å². The molecule has 0 aromatic heterocycles. The van der Waals surface area contributed by atoms with Crippen molar-refractivity contribution in [2.45, 2.75) is 39.2 Å². The highest BCUT2D eigenvalue weighted by Gasteiger charge is 2.47. The maximum Gasteiger partial charge on any atom is 0.300 e. The number of aryl methyl sites for hydroxylation is 1. The smallest absolute Gasteiger partial charge is 0.300 e. The number of hydrogen-bond donors (Lipinski definition) is 1. The Hall–Kier alpha value is -4.26. The SMILES string of the molecule is COc1ccc(/C(O)=C2\C(=O)C(=O)N(c3ccc4c(c3)OCCO4)C2c2ccc(C(C)(C)C)cc2)c(C)c1. The second-order valence-electron chi connectivity index (χ2n) is 10.5. The number of methoxy groups -OCH3 is 1. The summed E-state index contributed by atoms with van der Waals surface area (Å²) < 4.78 is 16.7. The van der Waals surface area contributed by atoms with Gasteiger partial charge in [0.15, 0.2) is 11.5 Å². The molecular weight excluding hydrogens is 482 g/mol. The summed E-state index contributed by atoms with van der Waals surface area (Å²) in [5, 5.41) is 11.5. The standard InChI is InChI=1S/C31H31NO6/c1-18-16-22(36-5)11-12-23(18)28(33)26-27(19-6-8-20(9-7-19)31(2,3)4)32(30(35)29(26)34)21-10-13-24-25(17-21)38-15-14-37-24/h6-13,16-17,27,33H,14-15H2,1-5H3/b28-26+. The summed E-state index contributed by atoms with van der Waals surface area (Å²) >= 11 is 0. The Morgan fingerprint density at radius 2 is 1.63 bits per heavy atom. The number of rotatable bonds is 4. The summed E-state index contributed by atoms with van der Waals surface area (Å²) in [5.74, 6) is 0.00958. The van der Waals surface area contributed by atoms with E-state index in [2.05, 4.69) is 20.8 Å². The van der Waals surface area contributed by atoms with Gasteiger partial charge in [-0.25, -0.2) is 0 Å². The molecule has 1 atom stereocenters.